The molecule has 1 aliphatic heterocycles. The molecule has 0 aromatic heterocycles. The molecule has 1 aromatic carbocycles. The second-order valence-corrected chi connectivity index (χ2v) is 3.76. The van der Waals surface area contributed by atoms with Gasteiger partial charge in [-0.1, -0.05) is 0 Å². The third-order valence-electron chi connectivity index (χ3n) is 2.44. The number of benzene rings is 1. The molecule has 2 N–H and O–H groups in total. The molecule has 17 heavy (non-hydrogen) atoms. The molecule has 1 heterocycles. The van der Waals surface area contributed by atoms with Crippen LogP contribution in [0.3, 0.4) is 0 Å². The quantitative estimate of drug-likeness (QED) is 0.783. The predicted octanol–water partition coefficient (Wildman–Crippen LogP) is 2.81. The topological polar surface area (TPSA) is 36.4 Å². The Balaban J connectivity index is 1.94. The Bertz CT molecular complexity index is 409. The summed E-state index contributed by atoms with van der Waals surface area (Å²) in [6.07, 6.45) is -2.41. The first-order valence-electron chi connectivity index (χ1n) is 5.28. The first-order valence-corrected chi connectivity index (χ1v) is 5.28. The Morgan fingerprint density at radius 1 is 1.06 bits per heavy atom. The molecule has 92 valence electrons. The standard InChI is InChI=1S/C11H12F3N3/c12-11(13,14)8-3-5-9(6-4-8)16-17-10-2-1-7-15-10/h3-6,16H,1-2,7H2,(H,15,17). The lowest BCUT2D eigenvalue weighted by Crippen LogP contribution is -2.27. The fourth-order valence-electron chi connectivity index (χ4n) is 1.53. The first kappa shape index (κ1) is 11.8. The van der Waals surface area contributed by atoms with E-state index < -0.39 is 11.7 Å². The van der Waals surface area contributed by atoms with Crippen molar-refractivity contribution in [3.05, 3.63) is 29.8 Å². The number of hydrogen-bond donors (Lipinski definition) is 2. The van der Waals surface area contributed by atoms with E-state index in [1.165, 1.54) is 12.1 Å². The van der Waals surface area contributed by atoms with Crippen LogP contribution in [0.1, 0.15) is 18.4 Å². The number of nitrogens with zero attached hydrogens (tertiary/aromatic N) is 1. The normalized spacial score (nSPS) is 15.6. The number of halogens is 3. The van der Waals surface area contributed by atoms with Crippen LogP contribution in [0.4, 0.5) is 18.9 Å². The number of hydrazine groups is 1. The van der Waals surface area contributed by atoms with Crippen molar-refractivity contribution in [2.75, 3.05) is 12.0 Å². The van der Waals surface area contributed by atoms with Crippen molar-refractivity contribution < 1.29 is 13.2 Å². The van der Waals surface area contributed by atoms with Gasteiger partial charge in [0.15, 0.2) is 0 Å². The molecule has 0 amide bonds. The lowest BCUT2D eigenvalue weighted by molar-refractivity contribution is -0.137. The smallest absolute Gasteiger partial charge is 0.300 e. The number of aliphatic imine (C=N–C) groups is 1. The third-order valence-corrected chi connectivity index (χ3v) is 2.44. The zero-order valence-corrected chi connectivity index (χ0v) is 9.01. The zero-order valence-electron chi connectivity index (χ0n) is 9.01. The second kappa shape index (κ2) is 4.65. The summed E-state index contributed by atoms with van der Waals surface area (Å²) in [4.78, 5) is 4.17. The van der Waals surface area contributed by atoms with E-state index in [-0.39, 0.29) is 0 Å². The molecule has 3 nitrogen and oxygen atoms in total. The van der Waals surface area contributed by atoms with Gasteiger partial charge in [-0.15, -0.1) is 0 Å². The van der Waals surface area contributed by atoms with Crippen LogP contribution in [-0.2, 0) is 6.18 Å². The maximum Gasteiger partial charge on any atom is 0.416 e. The molecule has 1 aliphatic rings. The summed E-state index contributed by atoms with van der Waals surface area (Å²) in [5.74, 6) is 0.838. The Labute approximate surface area is 96.7 Å². The van der Waals surface area contributed by atoms with Crippen LogP contribution in [0, 0.1) is 0 Å². The summed E-state index contributed by atoms with van der Waals surface area (Å²) in [6, 6.07) is 4.84. The van der Waals surface area contributed by atoms with Crippen LogP contribution in [0.5, 0.6) is 0 Å². The zero-order chi connectivity index (χ0) is 12.3. The van der Waals surface area contributed by atoms with Crippen molar-refractivity contribution in [2.45, 2.75) is 19.0 Å². The molecular weight excluding hydrogens is 231 g/mol. The molecule has 0 atom stereocenters. The molecule has 0 aliphatic carbocycles. The van der Waals surface area contributed by atoms with Gasteiger partial charge < -0.3 is 0 Å². The first-order chi connectivity index (χ1) is 8.05. The van der Waals surface area contributed by atoms with E-state index >= 15 is 0 Å². The van der Waals surface area contributed by atoms with Crippen LogP contribution in [-0.4, -0.2) is 12.4 Å². The number of alkyl halides is 3. The van der Waals surface area contributed by atoms with Crippen molar-refractivity contribution in [1.82, 2.24) is 5.43 Å². The average molecular weight is 243 g/mol. The van der Waals surface area contributed by atoms with Gasteiger partial charge >= 0.3 is 6.18 Å². The lowest BCUT2D eigenvalue weighted by Gasteiger charge is -2.11. The summed E-state index contributed by atoms with van der Waals surface area (Å²) in [6.45, 7) is 0.803. The van der Waals surface area contributed by atoms with E-state index in [0.29, 0.717) is 5.69 Å². The van der Waals surface area contributed by atoms with Crippen molar-refractivity contribution in [1.29, 1.82) is 0 Å². The molecular formula is C11H12F3N3. The van der Waals surface area contributed by atoms with Gasteiger partial charge in [-0.25, -0.2) is 0 Å². The minimum absolute atomic E-state index is 0.576. The van der Waals surface area contributed by atoms with Gasteiger partial charge in [0.25, 0.3) is 0 Å². The van der Waals surface area contributed by atoms with Gasteiger partial charge in [-0.2, -0.15) is 13.2 Å². The van der Waals surface area contributed by atoms with Crippen molar-refractivity contribution in [2.24, 2.45) is 4.99 Å². The summed E-state index contributed by atoms with van der Waals surface area (Å²) < 4.78 is 36.9. The fourth-order valence-corrected chi connectivity index (χ4v) is 1.53. The molecule has 0 spiro atoms. The van der Waals surface area contributed by atoms with E-state index in [1.807, 2.05) is 0 Å². The van der Waals surface area contributed by atoms with E-state index in [0.717, 1.165) is 37.4 Å². The second-order valence-electron chi connectivity index (χ2n) is 3.76. The van der Waals surface area contributed by atoms with E-state index in [2.05, 4.69) is 15.8 Å². The highest BCUT2D eigenvalue weighted by Gasteiger charge is 2.29. The van der Waals surface area contributed by atoms with E-state index in [9.17, 15) is 13.2 Å². The summed E-state index contributed by atoms with van der Waals surface area (Å²) in [5.41, 5.74) is 5.62. The van der Waals surface area contributed by atoms with Crippen molar-refractivity contribution >= 4 is 11.5 Å². The van der Waals surface area contributed by atoms with Crippen molar-refractivity contribution in [3.63, 3.8) is 0 Å². The van der Waals surface area contributed by atoms with Crippen molar-refractivity contribution in [3.8, 4) is 0 Å². The highest BCUT2D eigenvalue weighted by Crippen LogP contribution is 2.29. The molecule has 0 unspecified atom stereocenters. The van der Waals surface area contributed by atoms with Gasteiger partial charge in [0.1, 0.15) is 5.84 Å². The summed E-state index contributed by atoms with van der Waals surface area (Å²) in [5, 5.41) is 0. The predicted molar refractivity (Wildman–Crippen MR) is 59.7 cm³/mol. The van der Waals surface area contributed by atoms with E-state index in [4.69, 9.17) is 0 Å². The van der Waals surface area contributed by atoms with Crippen LogP contribution >= 0.6 is 0 Å². The fraction of sp³-hybridized carbons (Fsp3) is 0.364. The average Bonchev–Trinajstić information content (AvgIpc) is 2.78. The molecule has 0 fully saturated rings. The molecule has 0 saturated carbocycles. The summed E-state index contributed by atoms with van der Waals surface area (Å²) in [7, 11) is 0. The van der Waals surface area contributed by atoms with Gasteiger partial charge in [-0.3, -0.25) is 15.8 Å². The third kappa shape index (κ3) is 3.12. The Morgan fingerprint density at radius 2 is 1.76 bits per heavy atom. The minimum atomic E-state index is -4.29. The van der Waals surface area contributed by atoms with Crippen LogP contribution < -0.4 is 10.9 Å². The number of rotatable bonds is 2. The lowest BCUT2D eigenvalue weighted by atomic mass is 10.2. The SMILES string of the molecule is FC(F)(F)c1ccc(NNC2=NCCC2)cc1. The maximum atomic E-state index is 12.3. The Morgan fingerprint density at radius 3 is 2.29 bits per heavy atom. The highest BCUT2D eigenvalue weighted by molar-refractivity contribution is 5.84. The number of anilines is 1. The number of nitrogens with one attached hydrogen (secondary N) is 2. The Kier molecular flexibility index (Phi) is 3.21. The van der Waals surface area contributed by atoms with Crippen LogP contribution in [0.2, 0.25) is 0 Å². The van der Waals surface area contributed by atoms with Crippen LogP contribution in [0.15, 0.2) is 29.3 Å². The number of amidine groups is 1. The molecule has 0 saturated heterocycles. The highest BCUT2D eigenvalue weighted by atomic mass is 19.4. The number of hydrogen-bond acceptors (Lipinski definition) is 3. The molecule has 6 heteroatoms. The van der Waals surface area contributed by atoms with Gasteiger partial charge in [-0.05, 0) is 30.7 Å². The van der Waals surface area contributed by atoms with Gasteiger partial charge in [0, 0.05) is 13.0 Å². The van der Waals surface area contributed by atoms with Gasteiger partial charge in [0.05, 0.1) is 11.3 Å². The summed E-state index contributed by atoms with van der Waals surface area (Å²) >= 11 is 0. The maximum absolute atomic E-state index is 12.3. The molecule has 1 aromatic rings. The molecule has 2 rings (SSSR count). The Hall–Kier alpha value is -1.72. The van der Waals surface area contributed by atoms with Crippen LogP contribution in [0.25, 0.3) is 0 Å². The monoisotopic (exact) mass is 243 g/mol. The van der Waals surface area contributed by atoms with Gasteiger partial charge in [0.2, 0.25) is 0 Å². The van der Waals surface area contributed by atoms with E-state index in [1.54, 1.807) is 0 Å². The largest absolute Gasteiger partial charge is 0.416 e. The molecule has 0 radical (unpaired) electrons. The molecule has 0 bridgehead atoms. The minimum Gasteiger partial charge on any atom is -0.300 e.